The number of aromatic carboxylic acids is 1. The first-order chi connectivity index (χ1) is 8.49. The minimum Gasteiger partial charge on any atom is -0.478 e. The van der Waals surface area contributed by atoms with Gasteiger partial charge in [0.1, 0.15) is 17.6 Å². The second-order valence-corrected chi connectivity index (χ2v) is 4.45. The van der Waals surface area contributed by atoms with E-state index in [9.17, 15) is 14.9 Å². The topological polar surface area (TPSA) is 96.6 Å². The average molecular weight is 251 g/mol. The van der Waals surface area contributed by atoms with E-state index in [-0.39, 0.29) is 17.1 Å². The van der Waals surface area contributed by atoms with Crippen molar-refractivity contribution in [2.24, 2.45) is 5.92 Å². The van der Waals surface area contributed by atoms with Crippen LogP contribution in [-0.2, 0) is 0 Å². The van der Waals surface area contributed by atoms with Crippen LogP contribution in [0.15, 0.2) is 12.3 Å². The fourth-order valence-electron chi connectivity index (χ4n) is 1.78. The van der Waals surface area contributed by atoms with Crippen LogP contribution in [0.3, 0.4) is 0 Å². The molecule has 2 rings (SSSR count). The maximum absolute atomic E-state index is 11.1. The van der Waals surface area contributed by atoms with Crippen LogP contribution in [0.25, 0.3) is 0 Å². The summed E-state index contributed by atoms with van der Waals surface area (Å²) in [4.78, 5) is 26.7. The minimum absolute atomic E-state index is 0.132. The summed E-state index contributed by atoms with van der Waals surface area (Å²) in [7, 11) is 1.75. The molecule has 0 bridgehead atoms. The molecule has 0 spiro atoms. The lowest BCUT2D eigenvalue weighted by molar-refractivity contribution is -0.385. The van der Waals surface area contributed by atoms with Crippen LogP contribution < -0.4 is 4.90 Å². The fourth-order valence-corrected chi connectivity index (χ4v) is 1.78. The van der Waals surface area contributed by atoms with Crippen molar-refractivity contribution in [1.29, 1.82) is 0 Å². The summed E-state index contributed by atoms with van der Waals surface area (Å²) in [6.07, 6.45) is 3.37. The Morgan fingerprint density at radius 3 is 2.83 bits per heavy atom. The molecule has 0 aromatic carbocycles. The highest BCUT2D eigenvalue weighted by atomic mass is 16.6. The summed E-state index contributed by atoms with van der Waals surface area (Å²) in [5, 5.41) is 19.7. The van der Waals surface area contributed by atoms with E-state index in [4.69, 9.17) is 5.11 Å². The number of pyridine rings is 1. The summed E-state index contributed by atoms with van der Waals surface area (Å²) in [5.41, 5.74) is -0.441. The third-order valence-corrected chi connectivity index (χ3v) is 2.88. The summed E-state index contributed by atoms with van der Waals surface area (Å²) >= 11 is 0. The van der Waals surface area contributed by atoms with Crippen LogP contribution in [-0.4, -0.2) is 34.6 Å². The minimum atomic E-state index is -1.20. The van der Waals surface area contributed by atoms with Crippen molar-refractivity contribution in [1.82, 2.24) is 4.98 Å². The van der Waals surface area contributed by atoms with Crippen molar-refractivity contribution >= 4 is 17.5 Å². The van der Waals surface area contributed by atoms with Gasteiger partial charge in [0.25, 0.3) is 5.69 Å². The van der Waals surface area contributed by atoms with Gasteiger partial charge in [-0.05, 0) is 18.8 Å². The molecule has 0 unspecified atom stereocenters. The van der Waals surface area contributed by atoms with Crippen molar-refractivity contribution in [2.75, 3.05) is 18.5 Å². The lowest BCUT2D eigenvalue weighted by Crippen LogP contribution is -2.23. The number of carbonyl (C=O) groups is 1. The molecule has 1 aliphatic rings. The Hall–Kier alpha value is -2.18. The Morgan fingerprint density at radius 1 is 1.67 bits per heavy atom. The Balaban J connectivity index is 2.32. The molecule has 0 aliphatic heterocycles. The van der Waals surface area contributed by atoms with Gasteiger partial charge in [-0.15, -0.1) is 0 Å². The molecule has 1 aliphatic carbocycles. The monoisotopic (exact) mass is 251 g/mol. The van der Waals surface area contributed by atoms with Gasteiger partial charge in [0.05, 0.1) is 4.92 Å². The number of aromatic nitrogens is 1. The molecular formula is C11H13N3O4. The largest absolute Gasteiger partial charge is 0.478 e. The van der Waals surface area contributed by atoms with E-state index in [1.165, 1.54) is 0 Å². The van der Waals surface area contributed by atoms with E-state index < -0.39 is 10.9 Å². The number of hydrogen-bond acceptors (Lipinski definition) is 5. The maximum Gasteiger partial charge on any atom is 0.339 e. The molecule has 7 nitrogen and oxygen atoms in total. The van der Waals surface area contributed by atoms with Crippen LogP contribution >= 0.6 is 0 Å². The van der Waals surface area contributed by atoms with E-state index in [1.807, 2.05) is 0 Å². The van der Waals surface area contributed by atoms with Crippen molar-refractivity contribution in [2.45, 2.75) is 12.8 Å². The highest BCUT2D eigenvalue weighted by Crippen LogP contribution is 2.31. The average Bonchev–Trinajstić information content (AvgIpc) is 3.11. The number of carboxylic acids is 1. The first kappa shape index (κ1) is 12.3. The molecule has 18 heavy (non-hydrogen) atoms. The summed E-state index contributed by atoms with van der Waals surface area (Å²) < 4.78 is 0. The summed E-state index contributed by atoms with van der Waals surface area (Å²) in [6.45, 7) is 0.727. The van der Waals surface area contributed by atoms with Gasteiger partial charge in [-0.25, -0.2) is 9.78 Å². The molecular weight excluding hydrogens is 238 g/mol. The predicted octanol–water partition coefficient (Wildman–Crippen LogP) is 1.53. The van der Waals surface area contributed by atoms with Crippen LogP contribution in [0.5, 0.6) is 0 Å². The predicted molar refractivity (Wildman–Crippen MR) is 63.8 cm³/mol. The third-order valence-electron chi connectivity index (χ3n) is 2.88. The van der Waals surface area contributed by atoms with Crippen molar-refractivity contribution in [3.63, 3.8) is 0 Å². The first-order valence-electron chi connectivity index (χ1n) is 5.58. The molecule has 1 saturated carbocycles. The van der Waals surface area contributed by atoms with Crippen LogP contribution in [0.1, 0.15) is 23.2 Å². The SMILES string of the molecule is CN(CC1CC1)c1ncc([N+](=O)[O-])cc1C(=O)O. The zero-order chi connectivity index (χ0) is 13.3. The van der Waals surface area contributed by atoms with Gasteiger partial charge in [-0.2, -0.15) is 0 Å². The molecule has 7 heteroatoms. The Labute approximate surface area is 103 Å². The Morgan fingerprint density at radius 2 is 2.33 bits per heavy atom. The van der Waals surface area contributed by atoms with E-state index in [0.29, 0.717) is 5.92 Å². The number of rotatable bonds is 5. The quantitative estimate of drug-likeness (QED) is 0.629. The number of anilines is 1. The van der Waals surface area contributed by atoms with E-state index in [0.717, 1.165) is 31.6 Å². The van der Waals surface area contributed by atoms with Gasteiger partial charge < -0.3 is 10.0 Å². The zero-order valence-electron chi connectivity index (χ0n) is 9.87. The first-order valence-corrected chi connectivity index (χ1v) is 5.58. The lowest BCUT2D eigenvalue weighted by Gasteiger charge is -2.19. The Kier molecular flexibility index (Phi) is 3.14. The van der Waals surface area contributed by atoms with Gasteiger partial charge >= 0.3 is 5.97 Å². The number of nitro groups is 1. The van der Waals surface area contributed by atoms with E-state index in [2.05, 4.69) is 4.98 Å². The van der Waals surface area contributed by atoms with Crippen LogP contribution in [0.2, 0.25) is 0 Å². The van der Waals surface area contributed by atoms with Gasteiger partial charge in [0.15, 0.2) is 0 Å². The van der Waals surface area contributed by atoms with Crippen molar-refractivity contribution < 1.29 is 14.8 Å². The number of hydrogen-bond donors (Lipinski definition) is 1. The lowest BCUT2D eigenvalue weighted by atomic mass is 10.2. The molecule has 1 N–H and O–H groups in total. The zero-order valence-corrected chi connectivity index (χ0v) is 9.87. The second-order valence-electron chi connectivity index (χ2n) is 4.45. The normalized spacial score (nSPS) is 14.3. The number of nitrogens with zero attached hydrogens (tertiary/aromatic N) is 3. The fraction of sp³-hybridized carbons (Fsp3) is 0.455. The Bertz CT molecular complexity index is 499. The van der Waals surface area contributed by atoms with Crippen LogP contribution in [0.4, 0.5) is 11.5 Å². The van der Waals surface area contributed by atoms with Crippen LogP contribution in [0, 0.1) is 16.0 Å². The molecule has 1 aromatic heterocycles. The molecule has 1 fully saturated rings. The maximum atomic E-state index is 11.1. The number of carboxylic acid groups (broad SMARTS) is 1. The molecule has 0 radical (unpaired) electrons. The van der Waals surface area contributed by atoms with Crippen molar-refractivity contribution in [3.05, 3.63) is 27.9 Å². The van der Waals surface area contributed by atoms with Gasteiger partial charge in [0, 0.05) is 19.7 Å². The summed E-state index contributed by atoms with van der Waals surface area (Å²) in [5.74, 6) is -0.350. The molecule has 0 saturated heterocycles. The third kappa shape index (κ3) is 2.55. The van der Waals surface area contributed by atoms with E-state index in [1.54, 1.807) is 11.9 Å². The second kappa shape index (κ2) is 4.59. The molecule has 1 heterocycles. The molecule has 96 valence electrons. The standard InChI is InChI=1S/C11H13N3O4/c1-13(6-7-2-3-7)10-9(11(15)16)4-8(5-12-10)14(17)18/h4-5,7H,2-3,6H2,1H3,(H,15,16). The molecule has 0 atom stereocenters. The van der Waals surface area contributed by atoms with Gasteiger partial charge in [-0.3, -0.25) is 10.1 Å². The summed E-state index contributed by atoms with van der Waals surface area (Å²) in [6, 6.07) is 1.05. The molecule has 0 amide bonds. The van der Waals surface area contributed by atoms with Gasteiger partial charge in [-0.1, -0.05) is 0 Å². The smallest absolute Gasteiger partial charge is 0.339 e. The van der Waals surface area contributed by atoms with E-state index >= 15 is 0 Å². The highest BCUT2D eigenvalue weighted by molar-refractivity contribution is 5.94. The molecule has 1 aromatic rings. The van der Waals surface area contributed by atoms with Crippen molar-refractivity contribution in [3.8, 4) is 0 Å². The van der Waals surface area contributed by atoms with Gasteiger partial charge in [0.2, 0.25) is 0 Å². The highest BCUT2D eigenvalue weighted by Gasteiger charge is 2.26.